The predicted octanol–water partition coefficient (Wildman–Crippen LogP) is 1.74. The number of rotatable bonds is 3. The Morgan fingerprint density at radius 3 is 2.71 bits per heavy atom. The number of aromatic nitrogens is 2. The first-order valence-electron chi connectivity index (χ1n) is 7.73. The minimum atomic E-state index is 0.182. The van der Waals surface area contributed by atoms with E-state index in [2.05, 4.69) is 10.4 Å². The summed E-state index contributed by atoms with van der Waals surface area (Å²) in [4.78, 5) is 14.3. The van der Waals surface area contributed by atoms with Crippen molar-refractivity contribution in [2.75, 3.05) is 19.6 Å². The van der Waals surface area contributed by atoms with Crippen molar-refractivity contribution in [2.45, 2.75) is 39.2 Å². The Bertz CT molecular complexity index is 548. The van der Waals surface area contributed by atoms with Crippen LogP contribution in [0.1, 0.15) is 37.6 Å². The minimum absolute atomic E-state index is 0.182. The van der Waals surface area contributed by atoms with E-state index in [0.717, 1.165) is 55.3 Å². The van der Waals surface area contributed by atoms with Crippen LogP contribution in [0.4, 0.5) is 0 Å². The Morgan fingerprint density at radius 1 is 1.38 bits per heavy atom. The zero-order chi connectivity index (χ0) is 15.0. The van der Waals surface area contributed by atoms with E-state index in [9.17, 15) is 4.79 Å². The summed E-state index contributed by atoms with van der Waals surface area (Å²) in [6.07, 6.45) is 3.68. The van der Waals surface area contributed by atoms with Crippen molar-refractivity contribution in [1.82, 2.24) is 20.0 Å². The molecule has 0 aliphatic carbocycles. The van der Waals surface area contributed by atoms with Crippen molar-refractivity contribution < 1.29 is 4.79 Å². The van der Waals surface area contributed by atoms with Gasteiger partial charge in [0.05, 0.1) is 23.0 Å². The van der Waals surface area contributed by atoms with Gasteiger partial charge in [-0.3, -0.25) is 9.48 Å². The van der Waals surface area contributed by atoms with Crippen LogP contribution < -0.4 is 5.32 Å². The van der Waals surface area contributed by atoms with Gasteiger partial charge in [0, 0.05) is 20.0 Å². The van der Waals surface area contributed by atoms with Gasteiger partial charge in [-0.2, -0.15) is 5.10 Å². The van der Waals surface area contributed by atoms with Gasteiger partial charge in [0.1, 0.15) is 0 Å². The number of carbonyl (C=O) groups excluding carboxylic acids is 1. The molecule has 3 rings (SSSR count). The molecule has 2 saturated heterocycles. The SMILES string of the molecule is CCc1nn(C)c(CN2CC3(CCNCC3)CC2=O)c1Cl. The molecule has 0 bridgehead atoms. The Labute approximate surface area is 130 Å². The summed E-state index contributed by atoms with van der Waals surface area (Å²) >= 11 is 6.40. The fourth-order valence-electron chi connectivity index (χ4n) is 3.59. The first-order valence-corrected chi connectivity index (χ1v) is 8.11. The van der Waals surface area contributed by atoms with Crippen molar-refractivity contribution in [3.8, 4) is 0 Å². The van der Waals surface area contributed by atoms with Crippen LogP contribution in [0, 0.1) is 5.41 Å². The molecule has 1 N–H and O–H groups in total. The maximum Gasteiger partial charge on any atom is 0.223 e. The number of halogens is 1. The van der Waals surface area contributed by atoms with E-state index in [1.54, 1.807) is 0 Å². The van der Waals surface area contributed by atoms with E-state index >= 15 is 0 Å². The standard InChI is InChI=1S/C15H23ClN4O/c1-3-11-14(16)12(19(2)18-11)9-20-10-15(8-13(20)21)4-6-17-7-5-15/h17H,3-10H2,1-2H3. The molecule has 3 heterocycles. The number of nitrogens with zero attached hydrogens (tertiary/aromatic N) is 3. The fraction of sp³-hybridized carbons (Fsp3) is 0.733. The summed E-state index contributed by atoms with van der Waals surface area (Å²) in [5.41, 5.74) is 2.05. The lowest BCUT2D eigenvalue weighted by Gasteiger charge is -2.33. The summed E-state index contributed by atoms with van der Waals surface area (Å²) < 4.78 is 1.82. The number of likely N-dealkylation sites (tertiary alicyclic amines) is 1. The molecule has 116 valence electrons. The number of hydrogen-bond acceptors (Lipinski definition) is 3. The molecule has 1 amide bonds. The average molecular weight is 311 g/mol. The van der Waals surface area contributed by atoms with Gasteiger partial charge in [-0.05, 0) is 37.8 Å². The number of carbonyl (C=O) groups is 1. The maximum absolute atomic E-state index is 12.4. The third-order valence-electron chi connectivity index (χ3n) is 4.91. The summed E-state index contributed by atoms with van der Waals surface area (Å²) in [7, 11) is 1.90. The monoisotopic (exact) mass is 310 g/mol. The van der Waals surface area contributed by atoms with Crippen LogP contribution in [0.2, 0.25) is 5.02 Å². The van der Waals surface area contributed by atoms with Crippen molar-refractivity contribution in [2.24, 2.45) is 12.5 Å². The van der Waals surface area contributed by atoms with E-state index in [1.807, 2.05) is 23.6 Å². The second kappa shape index (κ2) is 5.61. The van der Waals surface area contributed by atoms with E-state index < -0.39 is 0 Å². The third kappa shape index (κ3) is 2.69. The van der Waals surface area contributed by atoms with E-state index in [1.165, 1.54) is 0 Å². The molecule has 2 fully saturated rings. The second-order valence-electron chi connectivity index (χ2n) is 6.36. The fourth-order valence-corrected chi connectivity index (χ4v) is 3.94. The molecule has 1 spiro atoms. The van der Waals surface area contributed by atoms with Crippen LogP contribution >= 0.6 is 11.6 Å². The molecule has 0 atom stereocenters. The van der Waals surface area contributed by atoms with Gasteiger partial charge in [0.15, 0.2) is 0 Å². The smallest absolute Gasteiger partial charge is 0.223 e. The maximum atomic E-state index is 12.4. The van der Waals surface area contributed by atoms with Crippen LogP contribution in [0.3, 0.4) is 0 Å². The molecular weight excluding hydrogens is 288 g/mol. The molecule has 2 aliphatic rings. The van der Waals surface area contributed by atoms with Gasteiger partial charge in [0.25, 0.3) is 0 Å². The zero-order valence-corrected chi connectivity index (χ0v) is 13.5. The van der Waals surface area contributed by atoms with Gasteiger partial charge >= 0.3 is 0 Å². The second-order valence-corrected chi connectivity index (χ2v) is 6.74. The lowest BCUT2D eigenvalue weighted by molar-refractivity contribution is -0.128. The molecule has 0 saturated carbocycles. The molecular formula is C15H23ClN4O. The average Bonchev–Trinajstić information content (AvgIpc) is 2.91. The summed E-state index contributed by atoms with van der Waals surface area (Å²) in [6.45, 7) is 5.52. The van der Waals surface area contributed by atoms with Gasteiger partial charge in [-0.25, -0.2) is 0 Å². The van der Waals surface area contributed by atoms with Crippen molar-refractivity contribution in [3.05, 3.63) is 16.4 Å². The van der Waals surface area contributed by atoms with Crippen LogP contribution in [-0.4, -0.2) is 40.2 Å². The molecule has 1 aromatic rings. The number of hydrogen-bond donors (Lipinski definition) is 1. The highest BCUT2D eigenvalue weighted by molar-refractivity contribution is 6.31. The molecule has 0 unspecified atom stereocenters. The Balaban J connectivity index is 1.76. The highest BCUT2D eigenvalue weighted by atomic mass is 35.5. The lowest BCUT2D eigenvalue weighted by atomic mass is 9.78. The minimum Gasteiger partial charge on any atom is -0.336 e. The van der Waals surface area contributed by atoms with E-state index in [4.69, 9.17) is 11.6 Å². The first kappa shape index (κ1) is 14.9. The Morgan fingerprint density at radius 2 is 2.10 bits per heavy atom. The van der Waals surface area contributed by atoms with Gasteiger partial charge in [0.2, 0.25) is 5.91 Å². The van der Waals surface area contributed by atoms with Crippen molar-refractivity contribution in [3.63, 3.8) is 0 Å². The quantitative estimate of drug-likeness (QED) is 0.925. The molecule has 5 nitrogen and oxygen atoms in total. The molecule has 21 heavy (non-hydrogen) atoms. The zero-order valence-electron chi connectivity index (χ0n) is 12.8. The molecule has 0 radical (unpaired) electrons. The summed E-state index contributed by atoms with van der Waals surface area (Å²) in [6, 6.07) is 0. The van der Waals surface area contributed by atoms with Crippen LogP contribution in [0.15, 0.2) is 0 Å². The van der Waals surface area contributed by atoms with Crippen LogP contribution in [0.5, 0.6) is 0 Å². The lowest BCUT2D eigenvalue weighted by Crippen LogP contribution is -2.38. The number of amides is 1. The highest BCUT2D eigenvalue weighted by Gasteiger charge is 2.43. The summed E-state index contributed by atoms with van der Waals surface area (Å²) in [5.74, 6) is 0.257. The normalized spacial score (nSPS) is 21.5. The molecule has 1 aromatic heterocycles. The highest BCUT2D eigenvalue weighted by Crippen LogP contribution is 2.40. The molecule has 2 aliphatic heterocycles. The first-order chi connectivity index (χ1) is 10.0. The Kier molecular flexibility index (Phi) is 3.97. The van der Waals surface area contributed by atoms with Gasteiger partial charge < -0.3 is 10.2 Å². The van der Waals surface area contributed by atoms with E-state index in [0.29, 0.717) is 13.0 Å². The van der Waals surface area contributed by atoms with Gasteiger partial charge in [-0.15, -0.1) is 0 Å². The Hall–Kier alpha value is -1.07. The topological polar surface area (TPSA) is 50.2 Å². The number of aryl methyl sites for hydroxylation is 2. The molecule has 0 aromatic carbocycles. The van der Waals surface area contributed by atoms with Crippen LogP contribution in [0.25, 0.3) is 0 Å². The van der Waals surface area contributed by atoms with Crippen LogP contribution in [-0.2, 0) is 24.8 Å². The van der Waals surface area contributed by atoms with Crippen molar-refractivity contribution >= 4 is 17.5 Å². The number of nitrogens with one attached hydrogen (secondary N) is 1. The van der Waals surface area contributed by atoms with Gasteiger partial charge in [-0.1, -0.05) is 18.5 Å². The molecule has 6 heteroatoms. The summed E-state index contributed by atoms with van der Waals surface area (Å²) in [5, 5.41) is 8.54. The third-order valence-corrected chi connectivity index (χ3v) is 5.35. The van der Waals surface area contributed by atoms with Crippen molar-refractivity contribution in [1.29, 1.82) is 0 Å². The largest absolute Gasteiger partial charge is 0.336 e. The number of piperidine rings is 1. The van der Waals surface area contributed by atoms with E-state index in [-0.39, 0.29) is 11.3 Å². The predicted molar refractivity (Wildman–Crippen MR) is 82.2 cm³/mol.